The van der Waals surface area contributed by atoms with E-state index in [2.05, 4.69) is 36.6 Å². The smallest absolute Gasteiger partial charge is 0.0494 e. The van der Waals surface area contributed by atoms with E-state index in [0.717, 1.165) is 13.1 Å². The largest absolute Gasteiger partial charge is 0.366 e. The molecule has 0 aromatic heterocycles. The van der Waals surface area contributed by atoms with Crippen molar-refractivity contribution >= 4 is 5.69 Å². The van der Waals surface area contributed by atoms with Crippen molar-refractivity contribution in [3.8, 4) is 0 Å². The molecule has 1 aliphatic rings. The summed E-state index contributed by atoms with van der Waals surface area (Å²) < 4.78 is 0. The SMILES string of the molecule is C=CCN1CC(N)c2cc(C)ccc21. The summed E-state index contributed by atoms with van der Waals surface area (Å²) >= 11 is 0. The highest BCUT2D eigenvalue weighted by Gasteiger charge is 2.24. The predicted molar refractivity (Wildman–Crippen MR) is 60.5 cm³/mol. The van der Waals surface area contributed by atoms with Crippen molar-refractivity contribution in [1.29, 1.82) is 0 Å². The van der Waals surface area contributed by atoms with Crippen LogP contribution in [0.25, 0.3) is 0 Å². The zero-order chi connectivity index (χ0) is 10.1. The molecular formula is C12H16N2. The van der Waals surface area contributed by atoms with Gasteiger partial charge in [-0.2, -0.15) is 0 Å². The third-order valence-corrected chi connectivity index (χ3v) is 2.69. The van der Waals surface area contributed by atoms with Crippen LogP contribution in [0.4, 0.5) is 5.69 Å². The summed E-state index contributed by atoms with van der Waals surface area (Å²) in [6, 6.07) is 6.63. The molecule has 1 aromatic carbocycles. The van der Waals surface area contributed by atoms with Crippen LogP contribution >= 0.6 is 0 Å². The molecule has 0 aliphatic carbocycles. The lowest BCUT2D eigenvalue weighted by atomic mass is 10.1. The molecule has 2 heteroatoms. The van der Waals surface area contributed by atoms with E-state index >= 15 is 0 Å². The van der Waals surface area contributed by atoms with Gasteiger partial charge in [-0.05, 0) is 18.6 Å². The van der Waals surface area contributed by atoms with Crippen LogP contribution in [0.2, 0.25) is 0 Å². The molecule has 0 fully saturated rings. The van der Waals surface area contributed by atoms with E-state index in [4.69, 9.17) is 5.73 Å². The zero-order valence-electron chi connectivity index (χ0n) is 8.53. The monoisotopic (exact) mass is 188 g/mol. The molecule has 0 spiro atoms. The van der Waals surface area contributed by atoms with Crippen LogP contribution in [0.3, 0.4) is 0 Å². The number of anilines is 1. The molecule has 2 N–H and O–H groups in total. The minimum atomic E-state index is 0.157. The van der Waals surface area contributed by atoms with Gasteiger partial charge in [0.1, 0.15) is 0 Å². The summed E-state index contributed by atoms with van der Waals surface area (Å²) in [6.07, 6.45) is 1.92. The van der Waals surface area contributed by atoms with Gasteiger partial charge < -0.3 is 10.6 Å². The predicted octanol–water partition coefficient (Wildman–Crippen LogP) is 2.00. The van der Waals surface area contributed by atoms with Gasteiger partial charge in [0.2, 0.25) is 0 Å². The molecule has 1 aliphatic heterocycles. The first-order chi connectivity index (χ1) is 6.72. The highest BCUT2D eigenvalue weighted by atomic mass is 15.2. The van der Waals surface area contributed by atoms with Crippen LogP contribution in [-0.4, -0.2) is 13.1 Å². The number of rotatable bonds is 2. The summed E-state index contributed by atoms with van der Waals surface area (Å²) in [4.78, 5) is 2.27. The second-order valence-corrected chi connectivity index (χ2v) is 3.86. The second kappa shape index (κ2) is 3.46. The van der Waals surface area contributed by atoms with Gasteiger partial charge in [-0.1, -0.05) is 23.8 Å². The lowest BCUT2D eigenvalue weighted by Crippen LogP contribution is -2.24. The number of nitrogens with zero attached hydrogens (tertiary/aromatic N) is 1. The fraction of sp³-hybridized carbons (Fsp3) is 0.333. The van der Waals surface area contributed by atoms with Gasteiger partial charge in [-0.3, -0.25) is 0 Å². The average molecular weight is 188 g/mol. The maximum Gasteiger partial charge on any atom is 0.0494 e. The third kappa shape index (κ3) is 1.42. The maximum absolute atomic E-state index is 6.06. The van der Waals surface area contributed by atoms with E-state index in [1.165, 1.54) is 16.8 Å². The lowest BCUT2D eigenvalue weighted by Gasteiger charge is -2.16. The molecule has 2 rings (SSSR count). The molecule has 1 aromatic rings. The Hall–Kier alpha value is -1.28. The molecular weight excluding hydrogens is 172 g/mol. The Kier molecular flexibility index (Phi) is 2.30. The van der Waals surface area contributed by atoms with Crippen LogP contribution < -0.4 is 10.6 Å². The van der Waals surface area contributed by atoms with Gasteiger partial charge in [-0.25, -0.2) is 0 Å². The van der Waals surface area contributed by atoms with Crippen molar-refractivity contribution in [2.45, 2.75) is 13.0 Å². The lowest BCUT2D eigenvalue weighted by molar-refractivity contribution is 0.745. The van der Waals surface area contributed by atoms with Crippen molar-refractivity contribution in [2.75, 3.05) is 18.0 Å². The number of nitrogens with two attached hydrogens (primary N) is 1. The van der Waals surface area contributed by atoms with Crippen LogP contribution in [-0.2, 0) is 0 Å². The molecule has 1 atom stereocenters. The number of benzene rings is 1. The van der Waals surface area contributed by atoms with E-state index in [-0.39, 0.29) is 6.04 Å². The van der Waals surface area contributed by atoms with Gasteiger partial charge in [0, 0.05) is 24.8 Å². The number of hydrogen-bond acceptors (Lipinski definition) is 2. The summed E-state index contributed by atoms with van der Waals surface area (Å²) in [5, 5.41) is 0. The Labute approximate surface area is 85.0 Å². The summed E-state index contributed by atoms with van der Waals surface area (Å²) in [7, 11) is 0. The van der Waals surface area contributed by atoms with E-state index in [1.807, 2.05) is 6.08 Å². The first kappa shape index (κ1) is 9.28. The fourth-order valence-corrected chi connectivity index (χ4v) is 2.02. The van der Waals surface area contributed by atoms with Crippen molar-refractivity contribution in [3.05, 3.63) is 42.0 Å². The van der Waals surface area contributed by atoms with Crippen LogP contribution in [0.5, 0.6) is 0 Å². The molecule has 0 amide bonds. The first-order valence-electron chi connectivity index (χ1n) is 4.94. The maximum atomic E-state index is 6.06. The highest BCUT2D eigenvalue weighted by molar-refractivity contribution is 5.61. The Morgan fingerprint density at radius 2 is 2.43 bits per heavy atom. The van der Waals surface area contributed by atoms with Gasteiger partial charge in [0.25, 0.3) is 0 Å². The van der Waals surface area contributed by atoms with E-state index < -0.39 is 0 Å². The molecule has 74 valence electrons. The fourth-order valence-electron chi connectivity index (χ4n) is 2.02. The second-order valence-electron chi connectivity index (χ2n) is 3.86. The van der Waals surface area contributed by atoms with Gasteiger partial charge >= 0.3 is 0 Å². The Balaban J connectivity index is 2.39. The Morgan fingerprint density at radius 3 is 3.14 bits per heavy atom. The summed E-state index contributed by atoms with van der Waals surface area (Å²) in [5.74, 6) is 0. The van der Waals surface area contributed by atoms with Crippen molar-refractivity contribution < 1.29 is 0 Å². The van der Waals surface area contributed by atoms with Gasteiger partial charge in [0.15, 0.2) is 0 Å². The summed E-state index contributed by atoms with van der Waals surface area (Å²) in [5.41, 5.74) is 9.87. The molecule has 0 radical (unpaired) electrons. The third-order valence-electron chi connectivity index (χ3n) is 2.69. The average Bonchev–Trinajstić information content (AvgIpc) is 2.44. The molecule has 0 saturated carbocycles. The number of fused-ring (bicyclic) bond motifs is 1. The van der Waals surface area contributed by atoms with Crippen molar-refractivity contribution in [3.63, 3.8) is 0 Å². The molecule has 1 unspecified atom stereocenters. The first-order valence-corrected chi connectivity index (χ1v) is 4.94. The van der Waals surface area contributed by atoms with E-state index in [1.54, 1.807) is 0 Å². The van der Waals surface area contributed by atoms with Crippen LogP contribution in [0.15, 0.2) is 30.9 Å². The molecule has 1 heterocycles. The van der Waals surface area contributed by atoms with E-state index in [9.17, 15) is 0 Å². The van der Waals surface area contributed by atoms with Crippen molar-refractivity contribution in [2.24, 2.45) is 5.73 Å². The van der Waals surface area contributed by atoms with Crippen LogP contribution in [0, 0.1) is 6.92 Å². The normalized spacial score (nSPS) is 19.6. The number of hydrogen-bond donors (Lipinski definition) is 1. The van der Waals surface area contributed by atoms with E-state index in [0.29, 0.717) is 0 Å². The van der Waals surface area contributed by atoms with Gasteiger partial charge in [-0.15, -0.1) is 6.58 Å². The topological polar surface area (TPSA) is 29.3 Å². The molecule has 14 heavy (non-hydrogen) atoms. The Bertz CT molecular complexity index is 357. The van der Waals surface area contributed by atoms with Crippen molar-refractivity contribution in [1.82, 2.24) is 0 Å². The van der Waals surface area contributed by atoms with Gasteiger partial charge in [0.05, 0.1) is 0 Å². The standard InChI is InChI=1S/C12H16N2/c1-3-6-14-8-11(13)10-7-9(2)4-5-12(10)14/h3-5,7,11H,1,6,8,13H2,2H3. The minimum absolute atomic E-state index is 0.157. The highest BCUT2D eigenvalue weighted by Crippen LogP contribution is 2.33. The number of aryl methyl sites for hydroxylation is 1. The Morgan fingerprint density at radius 1 is 1.64 bits per heavy atom. The zero-order valence-corrected chi connectivity index (χ0v) is 8.53. The quantitative estimate of drug-likeness (QED) is 0.719. The molecule has 0 saturated heterocycles. The summed E-state index contributed by atoms with van der Waals surface area (Å²) in [6.45, 7) is 7.64. The van der Waals surface area contributed by atoms with Crippen LogP contribution in [0.1, 0.15) is 17.2 Å². The molecule has 0 bridgehead atoms. The molecule has 2 nitrogen and oxygen atoms in total. The minimum Gasteiger partial charge on any atom is -0.366 e.